The zero-order valence-electron chi connectivity index (χ0n) is 14.8. The Bertz CT molecular complexity index is 596. The van der Waals surface area contributed by atoms with Crippen LogP contribution in [0.25, 0.3) is 0 Å². The second-order valence-corrected chi connectivity index (χ2v) is 7.41. The lowest BCUT2D eigenvalue weighted by molar-refractivity contribution is 0.0463. The predicted octanol–water partition coefficient (Wildman–Crippen LogP) is 3.63. The Kier molecular flexibility index (Phi) is 7.01. The topological polar surface area (TPSA) is 44.4 Å². The second-order valence-electron chi connectivity index (χ2n) is 7.41. The van der Waals surface area contributed by atoms with Crippen molar-refractivity contribution in [1.82, 2.24) is 10.2 Å². The number of hydrogen-bond donors (Lipinski definition) is 2. The zero-order chi connectivity index (χ0) is 15.8. The Labute approximate surface area is 162 Å². The molecule has 0 aliphatic carbocycles. The smallest absolute Gasteiger partial charge is 0.251 e. The number of nitrogens with one attached hydrogen (secondary N) is 2. The van der Waals surface area contributed by atoms with Gasteiger partial charge >= 0.3 is 0 Å². The van der Waals surface area contributed by atoms with Gasteiger partial charge in [-0.3, -0.25) is 4.79 Å². The van der Waals surface area contributed by atoms with Gasteiger partial charge in [0.2, 0.25) is 0 Å². The minimum atomic E-state index is 0. The third-order valence-corrected chi connectivity index (χ3v) is 6.01. The molecule has 0 saturated carbocycles. The van der Waals surface area contributed by atoms with E-state index in [0.717, 1.165) is 43.5 Å². The number of benzene rings is 1. The van der Waals surface area contributed by atoms with Gasteiger partial charge in [0, 0.05) is 35.9 Å². The van der Waals surface area contributed by atoms with Gasteiger partial charge in [0.05, 0.1) is 0 Å². The van der Waals surface area contributed by atoms with Crippen LogP contribution < -0.4 is 10.6 Å². The van der Waals surface area contributed by atoms with Crippen molar-refractivity contribution >= 4 is 36.4 Å². The van der Waals surface area contributed by atoms with E-state index in [9.17, 15) is 4.79 Å². The molecule has 3 aliphatic rings. The number of halogens is 2. The van der Waals surface area contributed by atoms with Crippen molar-refractivity contribution in [2.45, 2.75) is 63.1 Å². The Morgan fingerprint density at radius 2 is 1.88 bits per heavy atom. The van der Waals surface area contributed by atoms with E-state index in [1.807, 2.05) is 12.1 Å². The van der Waals surface area contributed by atoms with Crippen LogP contribution in [0.2, 0.25) is 0 Å². The summed E-state index contributed by atoms with van der Waals surface area (Å²) in [6.07, 6.45) is 8.23. The SMILES string of the molecule is CN1C2CCCC1CC(NC(=O)c1cccc3c1CCCN3)C2.Cl.Cl. The molecule has 3 aliphatic heterocycles. The van der Waals surface area contributed by atoms with Crippen LogP contribution >= 0.6 is 24.8 Å². The number of anilines is 1. The summed E-state index contributed by atoms with van der Waals surface area (Å²) in [6.45, 7) is 1.01. The van der Waals surface area contributed by atoms with E-state index in [1.165, 1.54) is 24.8 Å². The van der Waals surface area contributed by atoms with E-state index in [1.54, 1.807) is 0 Å². The van der Waals surface area contributed by atoms with Crippen molar-refractivity contribution in [3.63, 3.8) is 0 Å². The highest BCUT2D eigenvalue weighted by atomic mass is 35.5. The molecule has 140 valence electrons. The average molecular weight is 386 g/mol. The summed E-state index contributed by atoms with van der Waals surface area (Å²) in [5.41, 5.74) is 3.22. The van der Waals surface area contributed by atoms with E-state index in [-0.39, 0.29) is 30.7 Å². The molecule has 2 unspecified atom stereocenters. The molecule has 2 saturated heterocycles. The van der Waals surface area contributed by atoms with Crippen LogP contribution in [0.5, 0.6) is 0 Å². The number of nitrogens with zero attached hydrogens (tertiary/aromatic N) is 1. The molecule has 3 heterocycles. The molecular weight excluding hydrogens is 357 g/mol. The van der Waals surface area contributed by atoms with Gasteiger partial charge in [0.1, 0.15) is 0 Å². The Morgan fingerprint density at radius 3 is 2.60 bits per heavy atom. The third kappa shape index (κ3) is 4.07. The lowest BCUT2D eigenvalue weighted by Crippen LogP contribution is -2.55. The van der Waals surface area contributed by atoms with E-state index in [0.29, 0.717) is 18.1 Å². The molecule has 0 radical (unpaired) electrons. The lowest BCUT2D eigenvalue weighted by atomic mass is 9.82. The molecule has 1 aromatic carbocycles. The van der Waals surface area contributed by atoms with Gasteiger partial charge in [-0.2, -0.15) is 0 Å². The van der Waals surface area contributed by atoms with Crippen molar-refractivity contribution in [2.75, 3.05) is 18.9 Å². The molecule has 2 atom stereocenters. The van der Waals surface area contributed by atoms with Gasteiger partial charge in [-0.15, -0.1) is 24.8 Å². The first-order chi connectivity index (χ1) is 11.2. The standard InChI is InChI=1S/C19H27N3O.2ClH/c1-22-14-5-2-6-15(22)12-13(11-14)21-19(23)17-7-3-9-18-16(17)8-4-10-20-18;;/h3,7,9,13-15,20H,2,4-6,8,10-12H2,1H3,(H,21,23);2*1H. The van der Waals surface area contributed by atoms with Gasteiger partial charge in [0.25, 0.3) is 5.91 Å². The Balaban J connectivity index is 0.00000113. The predicted molar refractivity (Wildman–Crippen MR) is 107 cm³/mol. The van der Waals surface area contributed by atoms with Gasteiger partial charge in [0.15, 0.2) is 0 Å². The fourth-order valence-corrected chi connectivity index (χ4v) is 4.72. The number of hydrogen-bond acceptors (Lipinski definition) is 3. The van der Waals surface area contributed by atoms with Crippen molar-refractivity contribution in [1.29, 1.82) is 0 Å². The first-order valence-electron chi connectivity index (χ1n) is 9.11. The van der Waals surface area contributed by atoms with E-state index in [2.05, 4.69) is 28.6 Å². The van der Waals surface area contributed by atoms with Gasteiger partial charge in [-0.05, 0) is 63.3 Å². The van der Waals surface area contributed by atoms with Crippen LogP contribution in [-0.4, -0.2) is 42.5 Å². The highest BCUT2D eigenvalue weighted by Gasteiger charge is 2.36. The molecule has 1 aromatic rings. The van der Waals surface area contributed by atoms with Crippen LogP contribution in [0.15, 0.2) is 18.2 Å². The molecule has 1 amide bonds. The fraction of sp³-hybridized carbons (Fsp3) is 0.632. The van der Waals surface area contributed by atoms with E-state index >= 15 is 0 Å². The quantitative estimate of drug-likeness (QED) is 0.816. The number of piperidine rings is 2. The fourth-order valence-electron chi connectivity index (χ4n) is 4.72. The third-order valence-electron chi connectivity index (χ3n) is 6.01. The lowest BCUT2D eigenvalue weighted by Gasteiger charge is -2.47. The molecule has 4 rings (SSSR count). The number of amides is 1. The summed E-state index contributed by atoms with van der Waals surface area (Å²) in [5.74, 6) is 0.123. The summed E-state index contributed by atoms with van der Waals surface area (Å²) in [7, 11) is 2.26. The Hall–Kier alpha value is -0.970. The van der Waals surface area contributed by atoms with Gasteiger partial charge in [-0.25, -0.2) is 0 Å². The molecule has 0 aromatic heterocycles. The highest BCUT2D eigenvalue weighted by molar-refractivity contribution is 5.97. The van der Waals surface area contributed by atoms with Crippen LogP contribution in [0.3, 0.4) is 0 Å². The maximum atomic E-state index is 12.8. The molecule has 4 nitrogen and oxygen atoms in total. The summed E-state index contributed by atoms with van der Waals surface area (Å²) < 4.78 is 0. The first-order valence-corrected chi connectivity index (χ1v) is 9.11. The molecule has 2 bridgehead atoms. The largest absolute Gasteiger partial charge is 0.385 e. The molecule has 0 spiro atoms. The second kappa shape index (κ2) is 8.61. The van der Waals surface area contributed by atoms with Gasteiger partial charge in [-0.1, -0.05) is 12.5 Å². The minimum absolute atomic E-state index is 0. The average Bonchev–Trinajstić information content (AvgIpc) is 2.55. The molecule has 2 N–H and O–H groups in total. The number of carbonyl (C=O) groups is 1. The number of carbonyl (C=O) groups excluding carboxylic acids is 1. The first kappa shape index (κ1) is 20.3. The van der Waals surface area contributed by atoms with Crippen LogP contribution in [0.4, 0.5) is 5.69 Å². The molecule has 25 heavy (non-hydrogen) atoms. The monoisotopic (exact) mass is 385 g/mol. The summed E-state index contributed by atoms with van der Waals surface area (Å²) >= 11 is 0. The minimum Gasteiger partial charge on any atom is -0.385 e. The van der Waals surface area contributed by atoms with Crippen LogP contribution in [0.1, 0.15) is 54.4 Å². The zero-order valence-corrected chi connectivity index (χ0v) is 16.4. The van der Waals surface area contributed by atoms with Crippen molar-refractivity contribution < 1.29 is 4.79 Å². The molecule has 2 fully saturated rings. The highest BCUT2D eigenvalue weighted by Crippen LogP contribution is 2.33. The maximum absolute atomic E-state index is 12.8. The van der Waals surface area contributed by atoms with E-state index in [4.69, 9.17) is 0 Å². The molecule has 6 heteroatoms. The van der Waals surface area contributed by atoms with Crippen molar-refractivity contribution in [3.8, 4) is 0 Å². The number of fused-ring (bicyclic) bond motifs is 3. The Morgan fingerprint density at radius 1 is 1.16 bits per heavy atom. The summed E-state index contributed by atoms with van der Waals surface area (Å²) in [5, 5.41) is 6.75. The summed E-state index contributed by atoms with van der Waals surface area (Å²) in [4.78, 5) is 15.4. The van der Waals surface area contributed by atoms with Crippen molar-refractivity contribution in [2.24, 2.45) is 0 Å². The van der Waals surface area contributed by atoms with Crippen LogP contribution in [-0.2, 0) is 6.42 Å². The number of rotatable bonds is 2. The van der Waals surface area contributed by atoms with E-state index < -0.39 is 0 Å². The normalized spacial score (nSPS) is 27.8. The van der Waals surface area contributed by atoms with Crippen molar-refractivity contribution in [3.05, 3.63) is 29.3 Å². The molecular formula is C19H29Cl2N3O. The van der Waals surface area contributed by atoms with Crippen LogP contribution in [0, 0.1) is 0 Å². The maximum Gasteiger partial charge on any atom is 0.251 e. The summed E-state index contributed by atoms with van der Waals surface area (Å²) in [6, 6.07) is 7.71. The van der Waals surface area contributed by atoms with Gasteiger partial charge < -0.3 is 15.5 Å².